The summed E-state index contributed by atoms with van der Waals surface area (Å²) in [5.74, 6) is -0.639. The lowest BCUT2D eigenvalue weighted by atomic mass is 9.87. The van der Waals surface area contributed by atoms with E-state index in [2.05, 4.69) is 0 Å². The third-order valence-corrected chi connectivity index (χ3v) is 3.62. The fraction of sp³-hybridized carbons (Fsp3) is 0.429. The molecule has 1 aliphatic rings. The Labute approximate surface area is 116 Å². The molecule has 0 spiro atoms. The van der Waals surface area contributed by atoms with Gasteiger partial charge in [0.2, 0.25) is 0 Å². The molecule has 2 rings (SSSR count). The van der Waals surface area contributed by atoms with Crippen molar-refractivity contribution in [1.82, 2.24) is 4.90 Å². The Morgan fingerprint density at radius 2 is 2.05 bits per heavy atom. The number of ether oxygens (including phenoxy) is 1. The molecule has 2 N–H and O–H groups in total. The SMILES string of the molecule is COC(=O)[C@]1(Cc2ccccc2)C[C@@H](O)CN1C(=O)O. The van der Waals surface area contributed by atoms with Crippen molar-refractivity contribution in [2.45, 2.75) is 24.5 Å². The van der Waals surface area contributed by atoms with Crippen molar-refractivity contribution < 1.29 is 24.5 Å². The van der Waals surface area contributed by atoms with E-state index in [4.69, 9.17) is 4.74 Å². The highest BCUT2D eigenvalue weighted by Crippen LogP contribution is 2.34. The van der Waals surface area contributed by atoms with E-state index in [0.29, 0.717) is 0 Å². The Hall–Kier alpha value is -2.08. The average Bonchev–Trinajstić information content (AvgIpc) is 2.77. The van der Waals surface area contributed by atoms with Crippen molar-refractivity contribution in [2.24, 2.45) is 0 Å². The third kappa shape index (κ3) is 2.46. The summed E-state index contributed by atoms with van der Waals surface area (Å²) in [5.41, 5.74) is -0.542. The van der Waals surface area contributed by atoms with Crippen LogP contribution in [0.3, 0.4) is 0 Å². The average molecular weight is 279 g/mol. The van der Waals surface area contributed by atoms with E-state index in [1.165, 1.54) is 7.11 Å². The van der Waals surface area contributed by atoms with Crippen LogP contribution in [0.5, 0.6) is 0 Å². The Kier molecular flexibility index (Phi) is 3.94. The van der Waals surface area contributed by atoms with Gasteiger partial charge in [-0.05, 0) is 5.56 Å². The van der Waals surface area contributed by atoms with Crippen molar-refractivity contribution in [2.75, 3.05) is 13.7 Å². The topological polar surface area (TPSA) is 87.1 Å². The summed E-state index contributed by atoms with van der Waals surface area (Å²) >= 11 is 0. The molecular formula is C14H17NO5. The number of hydrogen-bond donors (Lipinski definition) is 2. The Bertz CT molecular complexity index is 504. The maximum absolute atomic E-state index is 12.2. The number of nitrogens with zero attached hydrogens (tertiary/aromatic N) is 1. The highest BCUT2D eigenvalue weighted by atomic mass is 16.5. The zero-order chi connectivity index (χ0) is 14.8. The summed E-state index contributed by atoms with van der Waals surface area (Å²) < 4.78 is 4.78. The van der Waals surface area contributed by atoms with E-state index < -0.39 is 23.7 Å². The van der Waals surface area contributed by atoms with Crippen LogP contribution in [0.25, 0.3) is 0 Å². The second-order valence-corrected chi connectivity index (χ2v) is 4.94. The summed E-state index contributed by atoms with van der Waals surface area (Å²) in [4.78, 5) is 24.5. The Morgan fingerprint density at radius 3 is 2.60 bits per heavy atom. The van der Waals surface area contributed by atoms with Crippen LogP contribution < -0.4 is 0 Å². The molecule has 1 amide bonds. The van der Waals surface area contributed by atoms with Gasteiger partial charge in [-0.25, -0.2) is 9.59 Å². The van der Waals surface area contributed by atoms with Crippen molar-refractivity contribution in [3.63, 3.8) is 0 Å². The summed E-state index contributed by atoms with van der Waals surface area (Å²) in [6.45, 7) is -0.0860. The number of carboxylic acid groups (broad SMARTS) is 1. The molecule has 1 heterocycles. The molecule has 0 radical (unpaired) electrons. The molecule has 20 heavy (non-hydrogen) atoms. The van der Waals surface area contributed by atoms with Gasteiger partial charge in [-0.2, -0.15) is 0 Å². The number of likely N-dealkylation sites (tertiary alicyclic amines) is 1. The van der Waals surface area contributed by atoms with Crippen LogP contribution in [0.1, 0.15) is 12.0 Å². The fourth-order valence-electron chi connectivity index (χ4n) is 2.77. The van der Waals surface area contributed by atoms with Gasteiger partial charge in [-0.15, -0.1) is 0 Å². The first-order chi connectivity index (χ1) is 9.49. The molecule has 2 atom stereocenters. The van der Waals surface area contributed by atoms with Crippen LogP contribution in [0.2, 0.25) is 0 Å². The number of carbonyl (C=O) groups excluding carboxylic acids is 1. The number of hydrogen-bond acceptors (Lipinski definition) is 4. The van der Waals surface area contributed by atoms with Crippen molar-refractivity contribution in [3.05, 3.63) is 35.9 Å². The predicted molar refractivity (Wildman–Crippen MR) is 70.2 cm³/mol. The number of rotatable bonds is 3. The zero-order valence-electron chi connectivity index (χ0n) is 11.2. The summed E-state index contributed by atoms with van der Waals surface area (Å²) in [6.07, 6.45) is -1.87. The van der Waals surface area contributed by atoms with Crippen LogP contribution in [0.4, 0.5) is 4.79 Å². The van der Waals surface area contributed by atoms with Gasteiger partial charge >= 0.3 is 12.1 Å². The summed E-state index contributed by atoms with van der Waals surface area (Å²) in [5, 5.41) is 19.1. The molecule has 6 heteroatoms. The standard InChI is InChI=1S/C14H17NO5/c1-20-12(17)14(7-10-5-3-2-4-6-10)8-11(16)9-15(14)13(18)19/h2-6,11,16H,7-9H2,1H3,(H,18,19)/t11-,14+/m1/s1. The minimum Gasteiger partial charge on any atom is -0.467 e. The molecule has 1 saturated heterocycles. The normalized spacial score (nSPS) is 25.5. The van der Waals surface area contributed by atoms with Crippen LogP contribution in [-0.4, -0.2) is 52.5 Å². The number of β-amino-alcohol motifs (C(OH)–C–C–N with tert-alkyl or cyclic N) is 1. The summed E-state index contributed by atoms with van der Waals surface area (Å²) in [6, 6.07) is 9.10. The molecule has 0 unspecified atom stereocenters. The lowest BCUT2D eigenvalue weighted by Crippen LogP contribution is -2.54. The van der Waals surface area contributed by atoms with Gasteiger partial charge in [0.15, 0.2) is 0 Å². The van der Waals surface area contributed by atoms with Gasteiger partial charge in [0.25, 0.3) is 0 Å². The van der Waals surface area contributed by atoms with Crippen LogP contribution in [0, 0.1) is 0 Å². The van der Waals surface area contributed by atoms with Gasteiger partial charge in [-0.3, -0.25) is 4.90 Å². The van der Waals surface area contributed by atoms with Crippen molar-refractivity contribution >= 4 is 12.1 Å². The molecule has 6 nitrogen and oxygen atoms in total. The molecule has 0 saturated carbocycles. The van der Waals surface area contributed by atoms with Crippen LogP contribution in [0.15, 0.2) is 30.3 Å². The number of esters is 1. The number of aliphatic hydroxyl groups excluding tert-OH is 1. The molecule has 1 fully saturated rings. The van der Waals surface area contributed by atoms with Gasteiger partial charge in [0.05, 0.1) is 19.8 Å². The minimum atomic E-state index is -1.36. The highest BCUT2D eigenvalue weighted by Gasteiger charge is 2.54. The monoisotopic (exact) mass is 279 g/mol. The molecule has 108 valence electrons. The van der Waals surface area contributed by atoms with E-state index >= 15 is 0 Å². The highest BCUT2D eigenvalue weighted by molar-refractivity contribution is 5.86. The maximum atomic E-state index is 12.2. The Balaban J connectivity index is 2.40. The van der Waals surface area contributed by atoms with E-state index in [9.17, 15) is 19.8 Å². The van der Waals surface area contributed by atoms with Gasteiger partial charge < -0.3 is 14.9 Å². The third-order valence-electron chi connectivity index (χ3n) is 3.62. The van der Waals surface area contributed by atoms with Gasteiger partial charge in [-0.1, -0.05) is 30.3 Å². The van der Waals surface area contributed by atoms with Crippen molar-refractivity contribution in [3.8, 4) is 0 Å². The number of benzene rings is 1. The molecular weight excluding hydrogens is 262 g/mol. The number of carbonyl (C=O) groups is 2. The van der Waals surface area contributed by atoms with Crippen LogP contribution in [-0.2, 0) is 16.0 Å². The molecule has 1 aromatic carbocycles. The first-order valence-corrected chi connectivity index (χ1v) is 6.30. The Morgan fingerprint density at radius 1 is 1.40 bits per heavy atom. The molecule has 1 aromatic rings. The quantitative estimate of drug-likeness (QED) is 0.802. The molecule has 1 aliphatic heterocycles. The predicted octanol–water partition coefficient (Wildman–Crippen LogP) is 0.885. The first kappa shape index (κ1) is 14.3. The van der Waals surface area contributed by atoms with E-state index in [0.717, 1.165) is 10.5 Å². The van der Waals surface area contributed by atoms with E-state index in [1.807, 2.05) is 30.3 Å². The van der Waals surface area contributed by atoms with E-state index in [1.54, 1.807) is 0 Å². The second-order valence-electron chi connectivity index (χ2n) is 4.94. The lowest BCUT2D eigenvalue weighted by molar-refractivity contribution is -0.152. The fourth-order valence-corrected chi connectivity index (χ4v) is 2.77. The molecule has 0 bridgehead atoms. The van der Waals surface area contributed by atoms with E-state index in [-0.39, 0.29) is 19.4 Å². The first-order valence-electron chi connectivity index (χ1n) is 6.30. The van der Waals surface area contributed by atoms with Gasteiger partial charge in [0.1, 0.15) is 5.54 Å². The zero-order valence-corrected chi connectivity index (χ0v) is 11.2. The van der Waals surface area contributed by atoms with Crippen LogP contribution >= 0.6 is 0 Å². The van der Waals surface area contributed by atoms with Gasteiger partial charge in [0, 0.05) is 12.8 Å². The number of methoxy groups -OCH3 is 1. The largest absolute Gasteiger partial charge is 0.467 e. The second kappa shape index (κ2) is 5.50. The molecule has 0 aromatic heterocycles. The minimum absolute atomic E-state index is 0.0425. The summed E-state index contributed by atoms with van der Waals surface area (Å²) in [7, 11) is 1.22. The van der Waals surface area contributed by atoms with Crippen molar-refractivity contribution in [1.29, 1.82) is 0 Å². The maximum Gasteiger partial charge on any atom is 0.408 e. The molecule has 0 aliphatic carbocycles. The number of aliphatic hydroxyl groups is 1. The smallest absolute Gasteiger partial charge is 0.408 e. The number of amides is 1. The lowest BCUT2D eigenvalue weighted by Gasteiger charge is -2.33.